The minimum atomic E-state index is 0.849. The lowest BCUT2D eigenvalue weighted by Gasteiger charge is -2.14. The van der Waals surface area contributed by atoms with Gasteiger partial charge in [-0.1, -0.05) is 93.8 Å². The van der Waals surface area contributed by atoms with Gasteiger partial charge in [-0.15, -0.1) is 0 Å². The maximum atomic E-state index is 5.69. The van der Waals surface area contributed by atoms with Crippen LogP contribution in [0.4, 0.5) is 5.69 Å². The predicted octanol–water partition coefficient (Wildman–Crippen LogP) is 8.68. The minimum absolute atomic E-state index is 0.849. The number of hydrogen-bond donors (Lipinski definition) is 2. The Balaban J connectivity index is 0.00000265. The van der Waals surface area contributed by atoms with Crippen LogP contribution < -0.4 is 11.1 Å². The largest absolute Gasteiger partial charge is 0.405 e. The van der Waals surface area contributed by atoms with Gasteiger partial charge in [-0.25, -0.2) is 0 Å². The van der Waals surface area contributed by atoms with Crippen LogP contribution in [0.15, 0.2) is 127 Å². The lowest BCUT2D eigenvalue weighted by atomic mass is 10.00. The van der Waals surface area contributed by atoms with Gasteiger partial charge in [0.25, 0.3) is 0 Å². The van der Waals surface area contributed by atoms with Gasteiger partial charge in [0.1, 0.15) is 0 Å². The van der Waals surface area contributed by atoms with Crippen molar-refractivity contribution in [2.45, 2.75) is 34.6 Å². The highest BCUT2D eigenvalue weighted by molar-refractivity contribution is 5.77. The van der Waals surface area contributed by atoms with Crippen molar-refractivity contribution in [2.24, 2.45) is 5.73 Å². The van der Waals surface area contributed by atoms with Crippen LogP contribution in [-0.4, -0.2) is 0 Å². The first-order valence-electron chi connectivity index (χ1n) is 11.3. The Morgan fingerprint density at radius 1 is 0.909 bits per heavy atom. The lowest BCUT2D eigenvalue weighted by Crippen LogP contribution is -2.00. The molecule has 172 valence electrons. The van der Waals surface area contributed by atoms with Crippen molar-refractivity contribution >= 4 is 16.8 Å². The maximum Gasteiger partial charge on any atom is 0.0458 e. The molecular formula is C31H38N2. The third-order valence-corrected chi connectivity index (χ3v) is 4.73. The second kappa shape index (κ2) is 15.1. The fourth-order valence-electron chi connectivity index (χ4n) is 3.13. The zero-order valence-corrected chi connectivity index (χ0v) is 20.7. The van der Waals surface area contributed by atoms with Gasteiger partial charge in [-0.2, -0.15) is 0 Å². The van der Waals surface area contributed by atoms with E-state index in [1.807, 2.05) is 101 Å². The number of nitrogens with one attached hydrogen (secondary N) is 1. The summed E-state index contributed by atoms with van der Waals surface area (Å²) in [5.74, 6) is 0. The smallest absolute Gasteiger partial charge is 0.0458 e. The normalized spacial score (nSPS) is 12.5. The number of allylic oxidation sites excluding steroid dienone is 11. The van der Waals surface area contributed by atoms with Crippen molar-refractivity contribution in [1.82, 2.24) is 0 Å². The zero-order valence-electron chi connectivity index (χ0n) is 20.7. The van der Waals surface area contributed by atoms with Crippen LogP contribution in [0.1, 0.15) is 45.7 Å². The van der Waals surface area contributed by atoms with Crippen LogP contribution in [0, 0.1) is 0 Å². The van der Waals surface area contributed by atoms with Gasteiger partial charge in [-0.05, 0) is 79.1 Å². The first kappa shape index (κ1) is 27.3. The Morgan fingerprint density at radius 3 is 2.18 bits per heavy atom. The Hall–Kier alpha value is -3.78. The summed E-state index contributed by atoms with van der Waals surface area (Å²) in [6, 6.07) is 18.3. The van der Waals surface area contributed by atoms with Crippen LogP contribution in [0.3, 0.4) is 0 Å². The first-order valence-corrected chi connectivity index (χ1v) is 11.3. The Labute approximate surface area is 200 Å². The fourth-order valence-corrected chi connectivity index (χ4v) is 3.13. The van der Waals surface area contributed by atoms with Crippen molar-refractivity contribution in [1.29, 1.82) is 0 Å². The molecule has 2 nitrogen and oxygen atoms in total. The Morgan fingerprint density at radius 2 is 1.55 bits per heavy atom. The Kier molecular flexibility index (Phi) is 12.5. The van der Waals surface area contributed by atoms with Gasteiger partial charge >= 0.3 is 0 Å². The first-order chi connectivity index (χ1) is 16.0. The SMILES string of the molecule is C=C(/C=C(\C)Nc1ccccc1/C(C)=C/C=C\C)C(/C=C\N)=C/C(=C)c1ccccc1.CC. The second-order valence-electron chi connectivity index (χ2n) is 7.25. The average Bonchev–Trinajstić information content (AvgIpc) is 2.84. The van der Waals surface area contributed by atoms with E-state index in [1.54, 1.807) is 0 Å². The van der Waals surface area contributed by atoms with E-state index < -0.39 is 0 Å². The van der Waals surface area contributed by atoms with Crippen LogP contribution >= 0.6 is 0 Å². The summed E-state index contributed by atoms with van der Waals surface area (Å²) in [6.07, 6.45) is 13.6. The number of benzene rings is 2. The Bertz CT molecular complexity index is 1060. The zero-order chi connectivity index (χ0) is 24.6. The standard InChI is InChI=1S/C29H32N2.C2H6/c1-6-7-13-22(2)28-16-11-12-17-29(28)31-25(5)20-23(3)27(18-19-30)21-24(4)26-14-9-8-10-15-26;1-2/h6-21,31H,3-4,30H2,1-2,5H3;1-2H3/b7-6-,19-18-,22-13+,25-20+,27-21+;. The van der Waals surface area contributed by atoms with Crippen LogP contribution in [0.2, 0.25) is 0 Å². The quantitative estimate of drug-likeness (QED) is 0.384. The molecular weight excluding hydrogens is 400 g/mol. The molecule has 0 atom stereocenters. The molecule has 0 aliphatic heterocycles. The van der Waals surface area contributed by atoms with Crippen molar-refractivity contribution < 1.29 is 0 Å². The molecule has 0 heterocycles. The predicted molar refractivity (Wildman–Crippen MR) is 150 cm³/mol. The topological polar surface area (TPSA) is 38.0 Å². The molecule has 0 fully saturated rings. The minimum Gasteiger partial charge on any atom is -0.405 e. The number of para-hydroxylation sites is 1. The molecule has 3 N–H and O–H groups in total. The molecule has 0 saturated carbocycles. The molecule has 2 aromatic rings. The summed E-state index contributed by atoms with van der Waals surface area (Å²) in [6.45, 7) is 18.6. The van der Waals surface area contributed by atoms with Gasteiger partial charge in [0.2, 0.25) is 0 Å². The molecule has 0 amide bonds. The summed E-state index contributed by atoms with van der Waals surface area (Å²) < 4.78 is 0. The highest BCUT2D eigenvalue weighted by Gasteiger charge is 2.05. The van der Waals surface area contributed by atoms with Gasteiger partial charge < -0.3 is 11.1 Å². The van der Waals surface area contributed by atoms with Crippen molar-refractivity contribution in [3.05, 3.63) is 138 Å². The number of hydrogen-bond acceptors (Lipinski definition) is 2. The summed E-state index contributed by atoms with van der Waals surface area (Å²) in [5.41, 5.74) is 13.8. The molecule has 0 unspecified atom stereocenters. The molecule has 0 aliphatic carbocycles. The fraction of sp³-hybridized carbons (Fsp3) is 0.161. The number of nitrogens with two attached hydrogens (primary N) is 1. The molecule has 0 saturated heterocycles. The van der Waals surface area contributed by atoms with Crippen LogP contribution in [0.5, 0.6) is 0 Å². The summed E-state index contributed by atoms with van der Waals surface area (Å²) in [4.78, 5) is 0. The van der Waals surface area contributed by atoms with E-state index in [0.717, 1.165) is 39.2 Å². The molecule has 0 bridgehead atoms. The summed E-state index contributed by atoms with van der Waals surface area (Å²) in [5, 5.41) is 3.51. The molecule has 2 heteroatoms. The van der Waals surface area contributed by atoms with E-state index in [0.29, 0.717) is 0 Å². The third kappa shape index (κ3) is 9.08. The highest BCUT2D eigenvalue weighted by atomic mass is 14.9. The van der Waals surface area contributed by atoms with E-state index in [4.69, 9.17) is 5.73 Å². The van der Waals surface area contributed by atoms with E-state index in [9.17, 15) is 0 Å². The third-order valence-electron chi connectivity index (χ3n) is 4.73. The number of anilines is 1. The van der Waals surface area contributed by atoms with E-state index in [1.165, 1.54) is 11.8 Å². The van der Waals surface area contributed by atoms with E-state index in [-0.39, 0.29) is 0 Å². The van der Waals surface area contributed by atoms with Crippen LogP contribution in [-0.2, 0) is 0 Å². The summed E-state index contributed by atoms with van der Waals surface area (Å²) in [7, 11) is 0. The summed E-state index contributed by atoms with van der Waals surface area (Å²) >= 11 is 0. The average molecular weight is 439 g/mol. The molecule has 0 aliphatic rings. The molecule has 0 spiro atoms. The monoisotopic (exact) mass is 438 g/mol. The van der Waals surface area contributed by atoms with Gasteiger partial charge in [0, 0.05) is 16.9 Å². The molecule has 0 radical (unpaired) electrons. The van der Waals surface area contributed by atoms with Gasteiger partial charge in [-0.3, -0.25) is 0 Å². The second-order valence-corrected chi connectivity index (χ2v) is 7.25. The lowest BCUT2D eigenvalue weighted by molar-refractivity contribution is 1.34. The molecule has 33 heavy (non-hydrogen) atoms. The van der Waals surface area contributed by atoms with Crippen molar-refractivity contribution in [2.75, 3.05) is 5.32 Å². The molecule has 2 aromatic carbocycles. The van der Waals surface area contributed by atoms with E-state index >= 15 is 0 Å². The van der Waals surface area contributed by atoms with Crippen molar-refractivity contribution in [3.8, 4) is 0 Å². The number of rotatable bonds is 9. The highest BCUT2D eigenvalue weighted by Crippen LogP contribution is 2.26. The van der Waals surface area contributed by atoms with Crippen LogP contribution in [0.25, 0.3) is 11.1 Å². The maximum absolute atomic E-state index is 5.69. The van der Waals surface area contributed by atoms with Crippen molar-refractivity contribution in [3.63, 3.8) is 0 Å². The van der Waals surface area contributed by atoms with E-state index in [2.05, 4.69) is 43.6 Å². The molecule has 0 aromatic heterocycles. The van der Waals surface area contributed by atoms with Gasteiger partial charge in [0.05, 0.1) is 0 Å². The molecule has 2 rings (SSSR count). The van der Waals surface area contributed by atoms with Gasteiger partial charge in [0.15, 0.2) is 0 Å².